The van der Waals surface area contributed by atoms with Crippen LogP contribution in [-0.4, -0.2) is 16.1 Å². The molecule has 6 heteroatoms. The van der Waals surface area contributed by atoms with Gasteiger partial charge in [0.05, 0.1) is 5.69 Å². The highest BCUT2D eigenvalue weighted by molar-refractivity contribution is 9.10. The standard InChI is InChI=1S/C12H8BrClN2O2/c13-9-4-3-7(14)6-10(9)16-11-8(12(17)18)2-1-5-15-11/h1-6H,(H,15,16)(H,17,18). The summed E-state index contributed by atoms with van der Waals surface area (Å²) in [6, 6.07) is 8.24. The third kappa shape index (κ3) is 2.80. The van der Waals surface area contributed by atoms with Gasteiger partial charge in [-0.2, -0.15) is 0 Å². The Bertz CT molecular complexity index is 604. The molecule has 18 heavy (non-hydrogen) atoms. The zero-order chi connectivity index (χ0) is 13.1. The molecule has 2 aromatic rings. The molecule has 0 aliphatic rings. The molecule has 2 rings (SSSR count). The molecule has 2 N–H and O–H groups in total. The maximum Gasteiger partial charge on any atom is 0.339 e. The van der Waals surface area contributed by atoms with Gasteiger partial charge < -0.3 is 10.4 Å². The Morgan fingerprint density at radius 2 is 2.17 bits per heavy atom. The largest absolute Gasteiger partial charge is 0.478 e. The number of nitrogens with zero attached hydrogens (tertiary/aromatic N) is 1. The van der Waals surface area contributed by atoms with Crippen LogP contribution in [0, 0.1) is 0 Å². The molecule has 0 aliphatic heterocycles. The molecule has 1 heterocycles. The van der Waals surface area contributed by atoms with Gasteiger partial charge in [-0.25, -0.2) is 9.78 Å². The molecular formula is C12H8BrClN2O2. The number of hydrogen-bond acceptors (Lipinski definition) is 3. The van der Waals surface area contributed by atoms with E-state index in [1.54, 1.807) is 24.3 Å². The Kier molecular flexibility index (Phi) is 3.84. The summed E-state index contributed by atoms with van der Waals surface area (Å²) in [6.45, 7) is 0. The molecule has 0 bridgehead atoms. The minimum atomic E-state index is -1.04. The number of nitrogens with one attached hydrogen (secondary N) is 1. The van der Waals surface area contributed by atoms with E-state index in [0.29, 0.717) is 10.7 Å². The lowest BCUT2D eigenvalue weighted by Crippen LogP contribution is -2.04. The molecule has 1 aromatic carbocycles. The second kappa shape index (κ2) is 5.37. The Balaban J connectivity index is 2.40. The molecule has 0 radical (unpaired) electrons. The Morgan fingerprint density at radius 1 is 1.39 bits per heavy atom. The van der Waals surface area contributed by atoms with E-state index in [-0.39, 0.29) is 11.4 Å². The fourth-order valence-electron chi connectivity index (χ4n) is 1.40. The third-order valence-corrected chi connectivity index (χ3v) is 3.15. The predicted octanol–water partition coefficient (Wildman–Crippen LogP) is 3.94. The van der Waals surface area contributed by atoms with E-state index >= 15 is 0 Å². The molecule has 4 nitrogen and oxygen atoms in total. The molecule has 0 aliphatic carbocycles. The van der Waals surface area contributed by atoms with Crippen LogP contribution in [0.3, 0.4) is 0 Å². The van der Waals surface area contributed by atoms with Gasteiger partial charge in [0.15, 0.2) is 0 Å². The van der Waals surface area contributed by atoms with Crippen LogP contribution < -0.4 is 5.32 Å². The number of carbonyl (C=O) groups is 1. The molecular weight excluding hydrogens is 320 g/mol. The van der Waals surface area contributed by atoms with Crippen molar-refractivity contribution in [2.45, 2.75) is 0 Å². The van der Waals surface area contributed by atoms with Crippen LogP contribution in [0.25, 0.3) is 0 Å². The minimum absolute atomic E-state index is 0.101. The van der Waals surface area contributed by atoms with E-state index in [0.717, 1.165) is 4.47 Å². The maximum atomic E-state index is 11.0. The first-order valence-electron chi connectivity index (χ1n) is 4.98. The predicted molar refractivity (Wildman–Crippen MR) is 73.6 cm³/mol. The van der Waals surface area contributed by atoms with Crippen LogP contribution in [0.5, 0.6) is 0 Å². The smallest absolute Gasteiger partial charge is 0.339 e. The number of benzene rings is 1. The summed E-state index contributed by atoms with van der Waals surface area (Å²) in [7, 11) is 0. The zero-order valence-corrected chi connectivity index (χ0v) is 11.4. The average molecular weight is 328 g/mol. The zero-order valence-electron chi connectivity index (χ0n) is 9.02. The molecule has 0 amide bonds. The van der Waals surface area contributed by atoms with E-state index in [1.807, 2.05) is 0 Å². The monoisotopic (exact) mass is 326 g/mol. The summed E-state index contributed by atoms with van der Waals surface area (Å²) in [5.74, 6) is -0.767. The number of aromatic carboxylic acids is 1. The summed E-state index contributed by atoms with van der Waals surface area (Å²) in [5.41, 5.74) is 0.757. The maximum absolute atomic E-state index is 11.0. The van der Waals surface area contributed by atoms with Crippen molar-refractivity contribution < 1.29 is 9.90 Å². The molecule has 0 fully saturated rings. The first-order chi connectivity index (χ1) is 8.58. The Morgan fingerprint density at radius 3 is 2.89 bits per heavy atom. The van der Waals surface area contributed by atoms with Crippen molar-refractivity contribution in [3.63, 3.8) is 0 Å². The lowest BCUT2D eigenvalue weighted by molar-refractivity contribution is 0.0697. The normalized spacial score (nSPS) is 10.1. The number of rotatable bonds is 3. The van der Waals surface area contributed by atoms with Gasteiger partial charge in [-0.1, -0.05) is 11.6 Å². The quantitative estimate of drug-likeness (QED) is 0.896. The van der Waals surface area contributed by atoms with E-state index in [2.05, 4.69) is 26.2 Å². The van der Waals surface area contributed by atoms with Crippen molar-refractivity contribution in [1.82, 2.24) is 4.98 Å². The van der Waals surface area contributed by atoms with Gasteiger partial charge in [0, 0.05) is 15.7 Å². The first kappa shape index (κ1) is 12.9. The van der Waals surface area contributed by atoms with Crippen molar-refractivity contribution in [2.24, 2.45) is 0 Å². The van der Waals surface area contributed by atoms with Crippen molar-refractivity contribution in [3.05, 3.63) is 51.6 Å². The fraction of sp³-hybridized carbons (Fsp3) is 0. The second-order valence-electron chi connectivity index (χ2n) is 3.45. The molecule has 92 valence electrons. The van der Waals surface area contributed by atoms with Gasteiger partial charge in [0.25, 0.3) is 0 Å². The summed E-state index contributed by atoms with van der Waals surface area (Å²) in [6.07, 6.45) is 1.52. The van der Waals surface area contributed by atoms with Crippen LogP contribution in [-0.2, 0) is 0 Å². The lowest BCUT2D eigenvalue weighted by atomic mass is 10.2. The first-order valence-corrected chi connectivity index (χ1v) is 6.15. The summed E-state index contributed by atoms with van der Waals surface area (Å²) >= 11 is 9.24. The lowest BCUT2D eigenvalue weighted by Gasteiger charge is -2.10. The number of carboxylic acids is 1. The van der Waals surface area contributed by atoms with Gasteiger partial charge >= 0.3 is 5.97 Å². The fourth-order valence-corrected chi connectivity index (χ4v) is 1.92. The third-order valence-electron chi connectivity index (χ3n) is 2.22. The number of aromatic nitrogens is 1. The van der Waals surface area contributed by atoms with Crippen LogP contribution in [0.4, 0.5) is 11.5 Å². The highest BCUT2D eigenvalue weighted by Crippen LogP contribution is 2.29. The van der Waals surface area contributed by atoms with Crippen LogP contribution in [0.1, 0.15) is 10.4 Å². The topological polar surface area (TPSA) is 62.2 Å². The number of carboxylic acid groups (broad SMARTS) is 1. The van der Waals surface area contributed by atoms with E-state index < -0.39 is 5.97 Å². The summed E-state index contributed by atoms with van der Waals surface area (Å²) in [5, 5.41) is 12.5. The number of anilines is 2. The van der Waals surface area contributed by atoms with Crippen LogP contribution >= 0.6 is 27.5 Å². The highest BCUT2D eigenvalue weighted by atomic mass is 79.9. The van der Waals surface area contributed by atoms with Gasteiger partial charge in [-0.3, -0.25) is 0 Å². The van der Waals surface area contributed by atoms with Gasteiger partial charge in [-0.15, -0.1) is 0 Å². The van der Waals surface area contributed by atoms with Gasteiger partial charge in [0.1, 0.15) is 11.4 Å². The molecule has 0 spiro atoms. The molecule has 0 atom stereocenters. The number of hydrogen-bond donors (Lipinski definition) is 2. The van der Waals surface area contributed by atoms with E-state index in [9.17, 15) is 4.79 Å². The Hall–Kier alpha value is -1.59. The minimum Gasteiger partial charge on any atom is -0.478 e. The second-order valence-corrected chi connectivity index (χ2v) is 4.74. The average Bonchev–Trinajstić information content (AvgIpc) is 2.34. The van der Waals surface area contributed by atoms with Gasteiger partial charge in [0.2, 0.25) is 0 Å². The van der Waals surface area contributed by atoms with Crippen molar-refractivity contribution >= 4 is 45.0 Å². The van der Waals surface area contributed by atoms with Crippen molar-refractivity contribution in [3.8, 4) is 0 Å². The molecule has 0 saturated carbocycles. The van der Waals surface area contributed by atoms with Crippen LogP contribution in [0.15, 0.2) is 41.0 Å². The van der Waals surface area contributed by atoms with Crippen molar-refractivity contribution in [1.29, 1.82) is 0 Å². The Labute approximate surface area is 117 Å². The molecule has 0 saturated heterocycles. The number of pyridine rings is 1. The molecule has 0 unspecified atom stereocenters. The highest BCUT2D eigenvalue weighted by Gasteiger charge is 2.11. The summed E-state index contributed by atoms with van der Waals surface area (Å²) in [4.78, 5) is 15.1. The van der Waals surface area contributed by atoms with Crippen molar-refractivity contribution in [2.75, 3.05) is 5.32 Å². The van der Waals surface area contributed by atoms with Crippen LogP contribution in [0.2, 0.25) is 5.02 Å². The van der Waals surface area contributed by atoms with Gasteiger partial charge in [-0.05, 0) is 46.3 Å². The summed E-state index contributed by atoms with van der Waals surface area (Å²) < 4.78 is 0.772. The van der Waals surface area contributed by atoms with E-state index in [4.69, 9.17) is 16.7 Å². The number of halogens is 2. The van der Waals surface area contributed by atoms with E-state index in [1.165, 1.54) is 12.3 Å². The SMILES string of the molecule is O=C(O)c1cccnc1Nc1cc(Cl)ccc1Br. The molecule has 1 aromatic heterocycles.